The number of carbonyl (C=O) groups is 1. The van der Waals surface area contributed by atoms with Crippen molar-refractivity contribution < 1.29 is 14.8 Å². The third-order valence-corrected chi connectivity index (χ3v) is 3.78. The molecule has 1 aromatic rings. The van der Waals surface area contributed by atoms with E-state index in [1.165, 1.54) is 12.3 Å². The van der Waals surface area contributed by atoms with Gasteiger partial charge in [0.2, 0.25) is 0 Å². The average Bonchev–Trinajstić information content (AvgIpc) is 2.82. The Balaban J connectivity index is 2.19. The number of aliphatic hydroxyl groups is 1. The molecule has 2 heterocycles. The minimum absolute atomic E-state index is 0.0702. The Bertz CT molecular complexity index is 526. The number of piperidine rings is 1. The van der Waals surface area contributed by atoms with Gasteiger partial charge in [0.15, 0.2) is 0 Å². The highest BCUT2D eigenvalue weighted by Crippen LogP contribution is 2.24. The van der Waals surface area contributed by atoms with Gasteiger partial charge in [0.1, 0.15) is 5.69 Å². The molecule has 1 N–H and O–H groups in total. The Morgan fingerprint density at radius 2 is 2.10 bits per heavy atom. The van der Waals surface area contributed by atoms with Crippen LogP contribution in [0.4, 0.5) is 5.69 Å². The van der Waals surface area contributed by atoms with E-state index in [4.69, 9.17) is 0 Å². The summed E-state index contributed by atoms with van der Waals surface area (Å²) in [5.74, 6) is -0.213. The van der Waals surface area contributed by atoms with Crippen molar-refractivity contribution in [2.45, 2.75) is 38.8 Å². The van der Waals surface area contributed by atoms with Crippen LogP contribution in [0.2, 0.25) is 0 Å². The number of hydrogen-bond donors (Lipinski definition) is 1. The zero-order valence-electron chi connectivity index (χ0n) is 11.7. The molecule has 2 rings (SSSR count). The number of nitro groups is 1. The van der Waals surface area contributed by atoms with E-state index in [1.54, 1.807) is 16.4 Å². The fourth-order valence-corrected chi connectivity index (χ4v) is 2.39. The molecule has 0 saturated carbocycles. The first kappa shape index (κ1) is 14.5. The molecule has 1 aliphatic rings. The summed E-state index contributed by atoms with van der Waals surface area (Å²) >= 11 is 0. The molecule has 0 spiro atoms. The molecule has 7 nitrogen and oxygen atoms in total. The second kappa shape index (κ2) is 5.24. The third-order valence-electron chi connectivity index (χ3n) is 3.78. The zero-order valence-corrected chi connectivity index (χ0v) is 11.7. The second-order valence-corrected chi connectivity index (χ2v) is 5.42. The lowest BCUT2D eigenvalue weighted by Gasteiger charge is -2.35. The quantitative estimate of drug-likeness (QED) is 0.670. The molecular formula is C13H19N3O4. The molecule has 0 aromatic carbocycles. The molecule has 1 amide bonds. The first-order valence-electron chi connectivity index (χ1n) is 6.70. The largest absolute Gasteiger partial charge is 0.390 e. The van der Waals surface area contributed by atoms with Crippen LogP contribution in [-0.2, 0) is 6.54 Å². The average molecular weight is 281 g/mol. The highest BCUT2D eigenvalue weighted by Gasteiger charge is 2.31. The topological polar surface area (TPSA) is 88.6 Å². The molecule has 0 bridgehead atoms. The normalized spacial score (nSPS) is 18.1. The molecule has 0 radical (unpaired) electrons. The van der Waals surface area contributed by atoms with E-state index < -0.39 is 10.5 Å². The summed E-state index contributed by atoms with van der Waals surface area (Å²) in [6.45, 7) is 5.03. The van der Waals surface area contributed by atoms with Crippen LogP contribution in [0, 0.1) is 10.1 Å². The summed E-state index contributed by atoms with van der Waals surface area (Å²) in [5, 5.41) is 20.7. The summed E-state index contributed by atoms with van der Waals surface area (Å²) in [6, 6.07) is 1.32. The minimum atomic E-state index is -0.727. The number of rotatable bonds is 3. The summed E-state index contributed by atoms with van der Waals surface area (Å²) in [6.07, 6.45) is 2.43. The molecule has 1 aliphatic heterocycles. The fraction of sp³-hybridized carbons (Fsp3) is 0.615. The molecule has 7 heteroatoms. The Kier molecular flexibility index (Phi) is 3.80. The van der Waals surface area contributed by atoms with Crippen molar-refractivity contribution in [1.29, 1.82) is 0 Å². The third kappa shape index (κ3) is 2.82. The lowest BCUT2D eigenvalue weighted by Crippen LogP contribution is -2.45. The molecule has 1 fully saturated rings. The number of nitrogens with zero attached hydrogens (tertiary/aromatic N) is 3. The van der Waals surface area contributed by atoms with E-state index in [2.05, 4.69) is 0 Å². The molecule has 1 aromatic heterocycles. The number of carbonyl (C=O) groups excluding carboxylic acids is 1. The van der Waals surface area contributed by atoms with Crippen molar-refractivity contribution in [1.82, 2.24) is 9.47 Å². The van der Waals surface area contributed by atoms with E-state index in [1.807, 2.05) is 6.92 Å². The standard InChI is InChI=1S/C13H19N3O4/c1-3-14-9-10(16(19)20)8-11(14)12(17)15-6-4-13(2,18)5-7-15/h8-9,18H,3-7H2,1-2H3. The summed E-state index contributed by atoms with van der Waals surface area (Å²) in [7, 11) is 0. The van der Waals surface area contributed by atoms with Crippen LogP contribution < -0.4 is 0 Å². The maximum atomic E-state index is 12.4. The van der Waals surface area contributed by atoms with E-state index in [-0.39, 0.29) is 11.6 Å². The van der Waals surface area contributed by atoms with Crippen molar-refractivity contribution in [2.75, 3.05) is 13.1 Å². The van der Waals surface area contributed by atoms with E-state index in [0.717, 1.165) is 0 Å². The summed E-state index contributed by atoms with van der Waals surface area (Å²) in [5.41, 5.74) is -0.463. The first-order valence-corrected chi connectivity index (χ1v) is 6.70. The Hall–Kier alpha value is -1.89. The van der Waals surface area contributed by atoms with Crippen molar-refractivity contribution >= 4 is 11.6 Å². The molecule has 0 aliphatic carbocycles. The number of likely N-dealkylation sites (tertiary alicyclic amines) is 1. The van der Waals surface area contributed by atoms with Crippen molar-refractivity contribution in [3.05, 3.63) is 28.1 Å². The fourth-order valence-electron chi connectivity index (χ4n) is 2.39. The zero-order chi connectivity index (χ0) is 14.9. The predicted molar refractivity (Wildman–Crippen MR) is 72.5 cm³/mol. The van der Waals surface area contributed by atoms with Crippen LogP contribution in [0.3, 0.4) is 0 Å². The van der Waals surface area contributed by atoms with Crippen LogP contribution in [0.25, 0.3) is 0 Å². The number of aryl methyl sites for hydroxylation is 1. The Morgan fingerprint density at radius 3 is 2.60 bits per heavy atom. The van der Waals surface area contributed by atoms with Gasteiger partial charge in [0, 0.05) is 25.7 Å². The minimum Gasteiger partial charge on any atom is -0.390 e. The van der Waals surface area contributed by atoms with E-state index in [9.17, 15) is 20.0 Å². The van der Waals surface area contributed by atoms with Gasteiger partial charge in [-0.2, -0.15) is 0 Å². The van der Waals surface area contributed by atoms with Gasteiger partial charge in [-0.1, -0.05) is 0 Å². The van der Waals surface area contributed by atoms with Gasteiger partial charge in [-0.3, -0.25) is 14.9 Å². The van der Waals surface area contributed by atoms with E-state index in [0.29, 0.717) is 38.2 Å². The molecule has 0 atom stereocenters. The number of aromatic nitrogens is 1. The Morgan fingerprint density at radius 1 is 1.50 bits per heavy atom. The van der Waals surface area contributed by atoms with Gasteiger partial charge in [-0.25, -0.2) is 0 Å². The molecule has 1 saturated heterocycles. The van der Waals surface area contributed by atoms with E-state index >= 15 is 0 Å². The predicted octanol–water partition coefficient (Wildman–Crippen LogP) is 1.40. The van der Waals surface area contributed by atoms with Gasteiger partial charge in [-0.15, -0.1) is 0 Å². The van der Waals surface area contributed by atoms with Gasteiger partial charge in [0.25, 0.3) is 11.6 Å². The van der Waals surface area contributed by atoms with Crippen molar-refractivity contribution in [3.8, 4) is 0 Å². The van der Waals surface area contributed by atoms with Gasteiger partial charge in [-0.05, 0) is 26.7 Å². The van der Waals surface area contributed by atoms with Crippen LogP contribution in [0.5, 0.6) is 0 Å². The highest BCUT2D eigenvalue weighted by molar-refractivity contribution is 5.93. The highest BCUT2D eigenvalue weighted by atomic mass is 16.6. The maximum absolute atomic E-state index is 12.4. The van der Waals surface area contributed by atoms with Crippen molar-refractivity contribution in [3.63, 3.8) is 0 Å². The van der Waals surface area contributed by atoms with Crippen LogP contribution >= 0.6 is 0 Å². The van der Waals surface area contributed by atoms with Crippen LogP contribution in [-0.4, -0.2) is 44.1 Å². The van der Waals surface area contributed by atoms with Gasteiger partial charge >= 0.3 is 0 Å². The van der Waals surface area contributed by atoms with Crippen molar-refractivity contribution in [2.24, 2.45) is 0 Å². The van der Waals surface area contributed by atoms with Crippen LogP contribution in [0.15, 0.2) is 12.3 Å². The molecule has 110 valence electrons. The first-order chi connectivity index (χ1) is 9.34. The van der Waals surface area contributed by atoms with Crippen LogP contribution in [0.1, 0.15) is 37.2 Å². The second-order valence-electron chi connectivity index (χ2n) is 5.42. The molecule has 0 unspecified atom stereocenters. The SMILES string of the molecule is CCn1cc([N+](=O)[O-])cc1C(=O)N1CCC(C)(O)CC1. The van der Waals surface area contributed by atoms with Gasteiger partial charge in [0.05, 0.1) is 16.7 Å². The number of hydrogen-bond acceptors (Lipinski definition) is 4. The molecule has 20 heavy (non-hydrogen) atoms. The summed E-state index contributed by atoms with van der Waals surface area (Å²) < 4.78 is 1.59. The Labute approximate surface area is 116 Å². The maximum Gasteiger partial charge on any atom is 0.287 e. The summed E-state index contributed by atoms with van der Waals surface area (Å²) in [4.78, 5) is 24.4. The lowest BCUT2D eigenvalue weighted by molar-refractivity contribution is -0.384. The number of amides is 1. The smallest absolute Gasteiger partial charge is 0.287 e. The monoisotopic (exact) mass is 281 g/mol. The molecular weight excluding hydrogens is 262 g/mol. The lowest BCUT2D eigenvalue weighted by atomic mass is 9.94. The van der Waals surface area contributed by atoms with Gasteiger partial charge < -0.3 is 14.6 Å².